The summed E-state index contributed by atoms with van der Waals surface area (Å²) in [7, 11) is 0. The van der Waals surface area contributed by atoms with Crippen LogP contribution in [0.25, 0.3) is 0 Å². The summed E-state index contributed by atoms with van der Waals surface area (Å²) in [5.74, 6) is 2.43. The summed E-state index contributed by atoms with van der Waals surface area (Å²) in [5, 5.41) is 5.63. The molecular formula is C27H31N3O4. The maximum Gasteiger partial charge on any atom is 0.413 e. The number of terminal acetylenes is 1. The molecule has 1 heterocycles. The molecule has 34 heavy (non-hydrogen) atoms. The molecule has 1 aliphatic rings. The minimum absolute atomic E-state index is 0.216. The lowest BCUT2D eigenvalue weighted by atomic mass is 9.85. The van der Waals surface area contributed by atoms with Gasteiger partial charge in [0, 0.05) is 18.7 Å². The third-order valence-electron chi connectivity index (χ3n) is 5.75. The van der Waals surface area contributed by atoms with E-state index in [-0.39, 0.29) is 11.8 Å². The molecule has 3 amide bonds. The lowest BCUT2D eigenvalue weighted by Crippen LogP contribution is -2.58. The SMILES string of the molecule is C#Cc1ccc(CNC(=O)[C@@H]2CCCN2C(=O)C(NC(=O)Oc2ccccc2)C(C)(C)C)cc1. The van der Waals surface area contributed by atoms with E-state index < -0.39 is 23.6 Å². The van der Waals surface area contributed by atoms with E-state index in [4.69, 9.17) is 11.2 Å². The molecule has 0 radical (unpaired) electrons. The van der Waals surface area contributed by atoms with Crippen molar-refractivity contribution in [1.82, 2.24) is 15.5 Å². The van der Waals surface area contributed by atoms with Gasteiger partial charge in [0.1, 0.15) is 17.8 Å². The molecule has 0 aliphatic carbocycles. The van der Waals surface area contributed by atoms with Gasteiger partial charge >= 0.3 is 6.09 Å². The quantitative estimate of drug-likeness (QED) is 0.645. The van der Waals surface area contributed by atoms with Crippen molar-refractivity contribution in [2.45, 2.75) is 52.2 Å². The Hall–Kier alpha value is -3.79. The van der Waals surface area contributed by atoms with Crippen molar-refractivity contribution < 1.29 is 19.1 Å². The molecule has 0 bridgehead atoms. The number of rotatable bonds is 6. The molecule has 7 nitrogen and oxygen atoms in total. The van der Waals surface area contributed by atoms with Crippen LogP contribution in [0, 0.1) is 17.8 Å². The van der Waals surface area contributed by atoms with Gasteiger partial charge in [-0.25, -0.2) is 4.79 Å². The van der Waals surface area contributed by atoms with Crippen LogP contribution in [-0.4, -0.2) is 41.4 Å². The number of carbonyl (C=O) groups is 3. The summed E-state index contributed by atoms with van der Waals surface area (Å²) in [6.07, 6.45) is 5.95. The van der Waals surface area contributed by atoms with E-state index in [2.05, 4.69) is 16.6 Å². The van der Waals surface area contributed by atoms with Gasteiger partial charge in [0.05, 0.1) is 0 Å². The third kappa shape index (κ3) is 6.38. The predicted octanol–water partition coefficient (Wildman–Crippen LogP) is 3.48. The summed E-state index contributed by atoms with van der Waals surface area (Å²) in [6.45, 7) is 6.39. The molecule has 1 aliphatic heterocycles. The summed E-state index contributed by atoms with van der Waals surface area (Å²) in [4.78, 5) is 40.5. The van der Waals surface area contributed by atoms with E-state index >= 15 is 0 Å². The van der Waals surface area contributed by atoms with Crippen LogP contribution in [0.1, 0.15) is 44.7 Å². The average Bonchev–Trinajstić information content (AvgIpc) is 3.31. The van der Waals surface area contributed by atoms with E-state index in [0.717, 1.165) is 11.1 Å². The van der Waals surface area contributed by atoms with Crippen LogP contribution in [0.15, 0.2) is 54.6 Å². The van der Waals surface area contributed by atoms with E-state index in [1.54, 1.807) is 29.2 Å². The molecule has 2 N–H and O–H groups in total. The Bertz CT molecular complexity index is 1050. The number of nitrogens with zero attached hydrogens (tertiary/aromatic N) is 1. The number of hydrogen-bond acceptors (Lipinski definition) is 4. The van der Waals surface area contributed by atoms with Gasteiger partial charge in [0.2, 0.25) is 11.8 Å². The predicted molar refractivity (Wildman–Crippen MR) is 130 cm³/mol. The highest BCUT2D eigenvalue weighted by atomic mass is 16.6. The Morgan fingerprint density at radius 2 is 1.79 bits per heavy atom. The summed E-state index contributed by atoms with van der Waals surface area (Å²) >= 11 is 0. The first-order valence-corrected chi connectivity index (χ1v) is 11.4. The zero-order valence-corrected chi connectivity index (χ0v) is 19.8. The number of ether oxygens (including phenoxy) is 1. The van der Waals surface area contributed by atoms with Crippen molar-refractivity contribution in [3.63, 3.8) is 0 Å². The highest BCUT2D eigenvalue weighted by molar-refractivity contribution is 5.92. The minimum Gasteiger partial charge on any atom is -0.410 e. The van der Waals surface area contributed by atoms with Gasteiger partial charge in [-0.3, -0.25) is 9.59 Å². The van der Waals surface area contributed by atoms with Gasteiger partial charge in [0.15, 0.2) is 0 Å². The first kappa shape index (κ1) is 24.8. The number of carbonyl (C=O) groups excluding carboxylic acids is 3. The third-order valence-corrected chi connectivity index (χ3v) is 5.75. The van der Waals surface area contributed by atoms with Crippen LogP contribution in [0.3, 0.4) is 0 Å². The maximum absolute atomic E-state index is 13.5. The van der Waals surface area contributed by atoms with Gasteiger partial charge in [-0.15, -0.1) is 6.42 Å². The van der Waals surface area contributed by atoms with Gasteiger partial charge in [-0.2, -0.15) is 0 Å². The molecule has 2 aromatic rings. The molecule has 0 spiro atoms. The normalized spacial score (nSPS) is 16.3. The smallest absolute Gasteiger partial charge is 0.410 e. The van der Waals surface area contributed by atoms with Crippen LogP contribution in [0.2, 0.25) is 0 Å². The van der Waals surface area contributed by atoms with E-state index in [0.29, 0.717) is 31.7 Å². The number of amides is 3. The largest absolute Gasteiger partial charge is 0.413 e. The van der Waals surface area contributed by atoms with Crippen molar-refractivity contribution in [2.75, 3.05) is 6.54 Å². The first-order chi connectivity index (χ1) is 16.2. The summed E-state index contributed by atoms with van der Waals surface area (Å²) in [6, 6.07) is 14.6. The monoisotopic (exact) mass is 461 g/mol. The van der Waals surface area contributed by atoms with Crippen LogP contribution < -0.4 is 15.4 Å². The highest BCUT2D eigenvalue weighted by Gasteiger charge is 2.42. The van der Waals surface area contributed by atoms with Crippen LogP contribution in [-0.2, 0) is 16.1 Å². The zero-order valence-electron chi connectivity index (χ0n) is 19.8. The number of benzene rings is 2. The van der Waals surface area contributed by atoms with Crippen LogP contribution >= 0.6 is 0 Å². The Balaban J connectivity index is 1.65. The van der Waals surface area contributed by atoms with Crippen molar-refractivity contribution in [3.8, 4) is 18.1 Å². The molecule has 2 atom stereocenters. The minimum atomic E-state index is -0.853. The molecule has 178 valence electrons. The molecule has 0 saturated carbocycles. The van der Waals surface area contributed by atoms with Crippen molar-refractivity contribution in [2.24, 2.45) is 5.41 Å². The lowest BCUT2D eigenvalue weighted by Gasteiger charge is -2.35. The Morgan fingerprint density at radius 1 is 1.12 bits per heavy atom. The standard InChI is InChI=1S/C27H31N3O4/c1-5-19-13-15-20(16-14-19)18-28-24(31)22-12-9-17-30(22)25(32)23(27(2,3)4)29-26(33)34-21-10-7-6-8-11-21/h1,6-8,10-11,13-16,22-23H,9,12,17-18H2,2-4H3,(H,28,31)(H,29,33)/t22-,23?/m0/s1. The van der Waals surface area contributed by atoms with Gasteiger partial charge in [0.25, 0.3) is 0 Å². The molecule has 2 aromatic carbocycles. The van der Waals surface area contributed by atoms with Crippen molar-refractivity contribution >= 4 is 17.9 Å². The summed E-state index contributed by atoms with van der Waals surface area (Å²) < 4.78 is 5.32. The molecule has 0 aromatic heterocycles. The van der Waals surface area contributed by atoms with Gasteiger partial charge in [-0.05, 0) is 48.1 Å². The second kappa shape index (κ2) is 10.9. The highest BCUT2D eigenvalue weighted by Crippen LogP contribution is 2.26. The fourth-order valence-electron chi connectivity index (χ4n) is 3.89. The molecule has 1 fully saturated rings. The topological polar surface area (TPSA) is 87.7 Å². The molecule has 7 heteroatoms. The second-order valence-corrected chi connectivity index (χ2v) is 9.39. The van der Waals surface area contributed by atoms with E-state index in [1.165, 1.54) is 0 Å². The maximum atomic E-state index is 13.5. The summed E-state index contributed by atoms with van der Waals surface area (Å²) in [5.41, 5.74) is 1.10. The Kier molecular flexibility index (Phi) is 7.95. The fourth-order valence-corrected chi connectivity index (χ4v) is 3.89. The molecule has 1 saturated heterocycles. The van der Waals surface area contributed by atoms with Crippen molar-refractivity contribution in [3.05, 3.63) is 65.7 Å². The van der Waals surface area contributed by atoms with Crippen molar-refractivity contribution in [1.29, 1.82) is 0 Å². The average molecular weight is 462 g/mol. The Morgan fingerprint density at radius 3 is 2.41 bits per heavy atom. The number of likely N-dealkylation sites (tertiary alicyclic amines) is 1. The van der Waals surface area contributed by atoms with Crippen LogP contribution in [0.4, 0.5) is 4.79 Å². The first-order valence-electron chi connectivity index (χ1n) is 11.4. The zero-order chi connectivity index (χ0) is 24.7. The Labute approximate surface area is 200 Å². The fraction of sp³-hybridized carbons (Fsp3) is 0.370. The molecular weight excluding hydrogens is 430 g/mol. The number of para-hydroxylation sites is 1. The van der Waals surface area contributed by atoms with E-state index in [9.17, 15) is 14.4 Å². The number of nitrogens with one attached hydrogen (secondary N) is 2. The van der Waals surface area contributed by atoms with Gasteiger partial charge in [-0.1, -0.05) is 57.0 Å². The molecule has 1 unspecified atom stereocenters. The lowest BCUT2D eigenvalue weighted by molar-refractivity contribution is -0.141. The van der Waals surface area contributed by atoms with E-state index in [1.807, 2.05) is 51.1 Å². The number of hydrogen-bond donors (Lipinski definition) is 2. The van der Waals surface area contributed by atoms with Crippen LogP contribution in [0.5, 0.6) is 5.75 Å². The molecule has 3 rings (SSSR count). The van der Waals surface area contributed by atoms with Gasteiger partial charge < -0.3 is 20.3 Å². The second-order valence-electron chi connectivity index (χ2n) is 9.39.